The summed E-state index contributed by atoms with van der Waals surface area (Å²) in [6.45, 7) is 8.31. The summed E-state index contributed by atoms with van der Waals surface area (Å²) in [7, 11) is 0. The SMILES string of the molecule is CCNC1CCN(C2CC2C)C1. The third-order valence-corrected chi connectivity index (χ3v) is 3.25. The van der Waals surface area contributed by atoms with Crippen LogP contribution in [0.2, 0.25) is 0 Å². The molecule has 0 aromatic rings. The predicted molar refractivity (Wildman–Crippen MR) is 51.2 cm³/mol. The van der Waals surface area contributed by atoms with Gasteiger partial charge in [-0.2, -0.15) is 0 Å². The maximum atomic E-state index is 3.53. The summed E-state index contributed by atoms with van der Waals surface area (Å²) in [5.74, 6) is 0.977. The van der Waals surface area contributed by atoms with E-state index in [0.717, 1.165) is 24.5 Å². The van der Waals surface area contributed by atoms with E-state index in [1.165, 1.54) is 25.9 Å². The molecular formula is C10H20N2. The Balaban J connectivity index is 1.75. The lowest BCUT2D eigenvalue weighted by Crippen LogP contribution is -2.33. The Morgan fingerprint density at radius 3 is 2.83 bits per heavy atom. The Hall–Kier alpha value is -0.0800. The van der Waals surface area contributed by atoms with Gasteiger partial charge in [0.05, 0.1) is 0 Å². The topological polar surface area (TPSA) is 15.3 Å². The van der Waals surface area contributed by atoms with Gasteiger partial charge in [0, 0.05) is 25.2 Å². The molecule has 1 saturated heterocycles. The first-order valence-corrected chi connectivity index (χ1v) is 5.28. The van der Waals surface area contributed by atoms with Gasteiger partial charge in [0.25, 0.3) is 0 Å². The van der Waals surface area contributed by atoms with Crippen molar-refractivity contribution in [2.24, 2.45) is 5.92 Å². The molecule has 0 aromatic carbocycles. The molecular weight excluding hydrogens is 148 g/mol. The standard InChI is InChI=1S/C10H20N2/c1-3-11-9-4-5-12(7-9)10-6-8(10)2/h8-11H,3-7H2,1-2H3. The van der Waals surface area contributed by atoms with E-state index in [2.05, 4.69) is 24.1 Å². The lowest BCUT2D eigenvalue weighted by molar-refractivity contribution is 0.306. The molecule has 1 heterocycles. The van der Waals surface area contributed by atoms with E-state index >= 15 is 0 Å². The van der Waals surface area contributed by atoms with E-state index in [-0.39, 0.29) is 0 Å². The second-order valence-electron chi connectivity index (χ2n) is 4.32. The molecule has 1 aliphatic heterocycles. The normalized spacial score (nSPS) is 42.0. The average molecular weight is 168 g/mol. The van der Waals surface area contributed by atoms with Gasteiger partial charge in [-0.1, -0.05) is 13.8 Å². The molecule has 0 spiro atoms. The average Bonchev–Trinajstić information content (AvgIpc) is 2.62. The van der Waals surface area contributed by atoms with Gasteiger partial charge in [0.2, 0.25) is 0 Å². The van der Waals surface area contributed by atoms with E-state index in [1.54, 1.807) is 0 Å². The van der Waals surface area contributed by atoms with Crippen LogP contribution in [-0.2, 0) is 0 Å². The minimum atomic E-state index is 0.780. The van der Waals surface area contributed by atoms with Gasteiger partial charge in [-0.3, -0.25) is 4.90 Å². The van der Waals surface area contributed by atoms with Crippen molar-refractivity contribution >= 4 is 0 Å². The van der Waals surface area contributed by atoms with Crippen LogP contribution in [-0.4, -0.2) is 36.6 Å². The molecule has 1 saturated carbocycles. The van der Waals surface area contributed by atoms with Crippen LogP contribution in [0.3, 0.4) is 0 Å². The highest BCUT2D eigenvalue weighted by Crippen LogP contribution is 2.36. The lowest BCUT2D eigenvalue weighted by atomic mass is 10.3. The van der Waals surface area contributed by atoms with Gasteiger partial charge in [0.15, 0.2) is 0 Å². The van der Waals surface area contributed by atoms with Gasteiger partial charge in [-0.25, -0.2) is 0 Å². The molecule has 12 heavy (non-hydrogen) atoms. The number of nitrogens with zero attached hydrogens (tertiary/aromatic N) is 1. The zero-order valence-electron chi connectivity index (χ0n) is 8.21. The highest BCUT2D eigenvalue weighted by Gasteiger charge is 2.40. The molecule has 3 atom stereocenters. The molecule has 0 bridgehead atoms. The molecule has 2 fully saturated rings. The third-order valence-electron chi connectivity index (χ3n) is 3.25. The summed E-state index contributed by atoms with van der Waals surface area (Å²) in [6.07, 6.45) is 2.80. The van der Waals surface area contributed by atoms with Crippen molar-refractivity contribution in [2.75, 3.05) is 19.6 Å². The Morgan fingerprint density at radius 1 is 1.50 bits per heavy atom. The highest BCUT2D eigenvalue weighted by atomic mass is 15.2. The quantitative estimate of drug-likeness (QED) is 0.678. The van der Waals surface area contributed by atoms with Crippen LogP contribution in [0.1, 0.15) is 26.7 Å². The summed E-state index contributed by atoms with van der Waals surface area (Å²) < 4.78 is 0. The molecule has 3 unspecified atom stereocenters. The molecule has 2 rings (SSSR count). The molecule has 0 radical (unpaired) electrons. The fraction of sp³-hybridized carbons (Fsp3) is 1.00. The second kappa shape index (κ2) is 3.35. The Bertz CT molecular complexity index is 158. The molecule has 2 heteroatoms. The van der Waals surface area contributed by atoms with Crippen molar-refractivity contribution in [1.29, 1.82) is 0 Å². The maximum Gasteiger partial charge on any atom is 0.0207 e. The summed E-state index contributed by atoms with van der Waals surface area (Å²) >= 11 is 0. The van der Waals surface area contributed by atoms with E-state index in [4.69, 9.17) is 0 Å². The first-order valence-electron chi connectivity index (χ1n) is 5.28. The van der Waals surface area contributed by atoms with Crippen LogP contribution in [0.5, 0.6) is 0 Å². The first-order chi connectivity index (χ1) is 5.81. The molecule has 0 aromatic heterocycles. The number of likely N-dealkylation sites (tertiary alicyclic amines) is 1. The number of hydrogen-bond donors (Lipinski definition) is 1. The van der Waals surface area contributed by atoms with Crippen LogP contribution >= 0.6 is 0 Å². The first kappa shape index (κ1) is 8.52. The van der Waals surface area contributed by atoms with Gasteiger partial charge in [0.1, 0.15) is 0 Å². The van der Waals surface area contributed by atoms with E-state index in [9.17, 15) is 0 Å². The van der Waals surface area contributed by atoms with Gasteiger partial charge < -0.3 is 5.32 Å². The van der Waals surface area contributed by atoms with Crippen molar-refractivity contribution in [3.63, 3.8) is 0 Å². The monoisotopic (exact) mass is 168 g/mol. The largest absolute Gasteiger partial charge is 0.313 e. The van der Waals surface area contributed by atoms with Crippen molar-refractivity contribution < 1.29 is 0 Å². The Labute approximate surface area is 75.3 Å². The van der Waals surface area contributed by atoms with Gasteiger partial charge in [-0.15, -0.1) is 0 Å². The molecule has 70 valence electrons. The van der Waals surface area contributed by atoms with Crippen LogP contribution in [0.15, 0.2) is 0 Å². The predicted octanol–water partition coefficient (Wildman–Crippen LogP) is 1.08. The molecule has 2 nitrogen and oxygen atoms in total. The van der Waals surface area contributed by atoms with Crippen molar-refractivity contribution in [2.45, 2.75) is 38.8 Å². The third kappa shape index (κ3) is 1.64. The number of rotatable bonds is 3. The van der Waals surface area contributed by atoms with Crippen molar-refractivity contribution in [3.8, 4) is 0 Å². The summed E-state index contributed by atoms with van der Waals surface area (Å²) in [5, 5.41) is 3.53. The van der Waals surface area contributed by atoms with Crippen LogP contribution in [0, 0.1) is 5.92 Å². The number of likely N-dealkylation sites (N-methyl/N-ethyl adjacent to an activating group) is 1. The van der Waals surface area contributed by atoms with Crippen LogP contribution < -0.4 is 5.32 Å². The van der Waals surface area contributed by atoms with E-state index < -0.39 is 0 Å². The van der Waals surface area contributed by atoms with E-state index in [1.807, 2.05) is 0 Å². The van der Waals surface area contributed by atoms with Crippen LogP contribution in [0.25, 0.3) is 0 Å². The van der Waals surface area contributed by atoms with Crippen LogP contribution in [0.4, 0.5) is 0 Å². The maximum absolute atomic E-state index is 3.53. The summed E-state index contributed by atoms with van der Waals surface area (Å²) in [5.41, 5.74) is 0. The summed E-state index contributed by atoms with van der Waals surface area (Å²) in [4.78, 5) is 2.66. The number of hydrogen-bond acceptors (Lipinski definition) is 2. The zero-order valence-corrected chi connectivity index (χ0v) is 8.21. The molecule has 1 N–H and O–H groups in total. The molecule has 2 aliphatic rings. The fourth-order valence-corrected chi connectivity index (χ4v) is 2.36. The molecule has 1 aliphatic carbocycles. The highest BCUT2D eigenvalue weighted by molar-refractivity contribution is 4.96. The van der Waals surface area contributed by atoms with Gasteiger partial charge >= 0.3 is 0 Å². The Kier molecular flexibility index (Phi) is 2.37. The van der Waals surface area contributed by atoms with Gasteiger partial charge in [-0.05, 0) is 25.3 Å². The number of nitrogens with one attached hydrogen (secondary N) is 1. The van der Waals surface area contributed by atoms with E-state index in [0.29, 0.717) is 0 Å². The van der Waals surface area contributed by atoms with Crippen molar-refractivity contribution in [1.82, 2.24) is 10.2 Å². The minimum absolute atomic E-state index is 0.780. The lowest BCUT2D eigenvalue weighted by Gasteiger charge is -2.15. The zero-order chi connectivity index (χ0) is 8.55. The second-order valence-corrected chi connectivity index (χ2v) is 4.32. The Morgan fingerprint density at radius 2 is 2.25 bits per heavy atom. The minimum Gasteiger partial charge on any atom is -0.313 e. The molecule has 0 amide bonds. The smallest absolute Gasteiger partial charge is 0.0207 e. The van der Waals surface area contributed by atoms with Crippen molar-refractivity contribution in [3.05, 3.63) is 0 Å². The summed E-state index contributed by atoms with van der Waals surface area (Å²) in [6, 6.07) is 1.72. The fourth-order valence-electron chi connectivity index (χ4n) is 2.36.